The lowest BCUT2D eigenvalue weighted by molar-refractivity contribution is 0.361. The van der Waals surface area contributed by atoms with Gasteiger partial charge in [0, 0.05) is 22.3 Å². The molecule has 0 rings (SSSR count). The molecular formula is C10H26N2Si. The van der Waals surface area contributed by atoms with Gasteiger partial charge in [0.1, 0.15) is 0 Å². The second-order valence-corrected chi connectivity index (χ2v) is 4.73. The van der Waals surface area contributed by atoms with Gasteiger partial charge in [0.15, 0.2) is 0 Å². The third-order valence-corrected chi connectivity index (χ3v) is 3.42. The summed E-state index contributed by atoms with van der Waals surface area (Å²) < 4.78 is 0. The van der Waals surface area contributed by atoms with E-state index < -0.39 is 0 Å². The Bertz CT molecular complexity index is 107. The monoisotopic (exact) mass is 202 g/mol. The van der Waals surface area contributed by atoms with Crippen LogP contribution in [0.4, 0.5) is 0 Å². The molecule has 0 saturated carbocycles. The molecule has 0 amide bonds. The zero-order valence-electron chi connectivity index (χ0n) is 9.85. The Kier molecular flexibility index (Phi) is 7.61. The van der Waals surface area contributed by atoms with Gasteiger partial charge in [-0.25, -0.2) is 0 Å². The fraction of sp³-hybridized carbons (Fsp3) is 1.00. The minimum absolute atomic E-state index is 0.538. The third-order valence-electron chi connectivity index (χ3n) is 2.60. The summed E-state index contributed by atoms with van der Waals surface area (Å²) in [6.07, 6.45) is 2.96. The lowest BCUT2D eigenvalue weighted by atomic mass is 10.2. The second kappa shape index (κ2) is 7.53. The molecule has 2 atom stereocenters. The molecule has 0 aliphatic heterocycles. The summed E-state index contributed by atoms with van der Waals surface area (Å²) in [4.78, 5) is 0. The molecule has 0 aromatic carbocycles. The van der Waals surface area contributed by atoms with Crippen molar-refractivity contribution in [3.8, 4) is 0 Å². The molecule has 0 aromatic heterocycles. The highest BCUT2D eigenvalue weighted by atomic mass is 28.1. The van der Waals surface area contributed by atoms with Crippen molar-refractivity contribution < 1.29 is 0 Å². The van der Waals surface area contributed by atoms with Crippen molar-refractivity contribution in [2.75, 3.05) is 0 Å². The van der Waals surface area contributed by atoms with E-state index in [0.29, 0.717) is 18.2 Å². The van der Waals surface area contributed by atoms with E-state index in [4.69, 9.17) is 0 Å². The molecule has 0 aliphatic rings. The highest BCUT2D eigenvalue weighted by molar-refractivity contribution is 6.08. The van der Waals surface area contributed by atoms with Gasteiger partial charge in [-0.3, -0.25) is 10.6 Å². The molecule has 2 nitrogen and oxygen atoms in total. The molecule has 0 saturated heterocycles. The average molecular weight is 202 g/mol. The molecule has 0 aliphatic carbocycles. The van der Waals surface area contributed by atoms with Crippen molar-refractivity contribution >= 4 is 10.2 Å². The van der Waals surface area contributed by atoms with Crippen LogP contribution in [0.25, 0.3) is 0 Å². The first-order valence-corrected chi connectivity index (χ1v) is 7.07. The maximum absolute atomic E-state index is 3.61. The Morgan fingerprint density at radius 2 is 1.38 bits per heavy atom. The van der Waals surface area contributed by atoms with Crippen LogP contribution in [0.3, 0.4) is 0 Å². The summed E-state index contributed by atoms with van der Waals surface area (Å²) >= 11 is 0. The minimum Gasteiger partial charge on any atom is -0.300 e. The molecule has 0 spiro atoms. The highest BCUT2D eigenvalue weighted by Crippen LogP contribution is 1.96. The molecule has 0 bridgehead atoms. The van der Waals surface area contributed by atoms with Gasteiger partial charge < -0.3 is 0 Å². The van der Waals surface area contributed by atoms with Gasteiger partial charge >= 0.3 is 0 Å². The number of hydrogen-bond donors (Lipinski definition) is 2. The zero-order valence-corrected chi connectivity index (χ0v) is 11.9. The summed E-state index contributed by atoms with van der Waals surface area (Å²) in [6, 6.07) is 2.56. The van der Waals surface area contributed by atoms with Crippen LogP contribution in [0, 0.1) is 0 Å². The maximum Gasteiger partial charge on any atom is 0.0543 e. The largest absolute Gasteiger partial charge is 0.300 e. The van der Waals surface area contributed by atoms with Crippen molar-refractivity contribution in [3.05, 3.63) is 0 Å². The van der Waals surface area contributed by atoms with E-state index in [0.717, 1.165) is 0 Å². The van der Waals surface area contributed by atoms with E-state index in [1.54, 1.807) is 0 Å². The summed E-state index contributed by atoms with van der Waals surface area (Å²) in [5.41, 5.74) is 0. The van der Waals surface area contributed by atoms with Gasteiger partial charge in [-0.15, -0.1) is 0 Å². The van der Waals surface area contributed by atoms with Crippen LogP contribution >= 0.6 is 0 Å². The van der Waals surface area contributed by atoms with E-state index in [1.165, 1.54) is 29.1 Å². The molecule has 3 heteroatoms. The molecule has 0 fully saturated rings. The van der Waals surface area contributed by atoms with E-state index in [2.05, 4.69) is 38.3 Å². The first-order chi connectivity index (χ1) is 6.13. The fourth-order valence-corrected chi connectivity index (χ4v) is 1.68. The molecule has 0 radical (unpaired) electrons. The molecule has 0 heterocycles. The molecule has 2 unspecified atom stereocenters. The summed E-state index contributed by atoms with van der Waals surface area (Å²) in [5, 5.41) is 7.21. The highest BCUT2D eigenvalue weighted by Gasteiger charge is 2.10. The quantitative estimate of drug-likeness (QED) is 0.473. The first-order valence-electron chi connectivity index (χ1n) is 5.66. The van der Waals surface area contributed by atoms with E-state index >= 15 is 0 Å². The van der Waals surface area contributed by atoms with Gasteiger partial charge in [0.05, 0.1) is 6.17 Å². The predicted molar refractivity (Wildman–Crippen MR) is 64.3 cm³/mol. The first kappa shape index (κ1) is 13.1. The van der Waals surface area contributed by atoms with Crippen molar-refractivity contribution in [1.29, 1.82) is 0 Å². The van der Waals surface area contributed by atoms with Gasteiger partial charge in [0.25, 0.3) is 0 Å². The fourth-order valence-electron chi connectivity index (χ4n) is 1.21. The predicted octanol–water partition coefficient (Wildman–Crippen LogP) is 0.872. The summed E-state index contributed by atoms with van der Waals surface area (Å²) in [5.74, 6) is 0. The van der Waals surface area contributed by atoms with Crippen molar-refractivity contribution in [2.45, 2.75) is 64.8 Å². The van der Waals surface area contributed by atoms with Gasteiger partial charge in [-0.05, 0) is 32.7 Å². The number of nitrogens with one attached hydrogen (secondary N) is 2. The van der Waals surface area contributed by atoms with Crippen LogP contribution in [0.2, 0.25) is 6.04 Å². The minimum atomic E-state index is 0.538. The van der Waals surface area contributed by atoms with Gasteiger partial charge in [0.2, 0.25) is 0 Å². The Morgan fingerprint density at radius 1 is 1.00 bits per heavy atom. The van der Waals surface area contributed by atoms with Crippen LogP contribution in [0.15, 0.2) is 0 Å². The van der Waals surface area contributed by atoms with Gasteiger partial charge in [-0.1, -0.05) is 13.8 Å². The number of hydrogen-bond acceptors (Lipinski definition) is 2. The Labute approximate surface area is 86.3 Å². The van der Waals surface area contributed by atoms with Crippen LogP contribution in [-0.4, -0.2) is 28.5 Å². The summed E-state index contributed by atoms with van der Waals surface area (Å²) in [7, 11) is 1.26. The lowest BCUT2D eigenvalue weighted by Crippen LogP contribution is -2.49. The van der Waals surface area contributed by atoms with Crippen molar-refractivity contribution in [2.24, 2.45) is 0 Å². The molecule has 0 aromatic rings. The Balaban J connectivity index is 3.74. The normalized spacial score (nSPS) is 18.5. The second-order valence-electron chi connectivity index (χ2n) is 3.91. The lowest BCUT2D eigenvalue weighted by Gasteiger charge is -2.25. The van der Waals surface area contributed by atoms with Crippen molar-refractivity contribution in [1.82, 2.24) is 10.6 Å². The number of rotatable bonds is 7. The average Bonchev–Trinajstić information content (AvgIpc) is 2.16. The smallest absolute Gasteiger partial charge is 0.0543 e. The van der Waals surface area contributed by atoms with Crippen LogP contribution in [-0.2, 0) is 0 Å². The van der Waals surface area contributed by atoms with E-state index in [1.807, 2.05) is 0 Å². The Morgan fingerprint density at radius 3 is 1.62 bits per heavy atom. The summed E-state index contributed by atoms with van der Waals surface area (Å²) in [6.45, 7) is 8.96. The van der Waals surface area contributed by atoms with Gasteiger partial charge in [-0.2, -0.15) is 0 Å². The van der Waals surface area contributed by atoms with E-state index in [9.17, 15) is 0 Å². The van der Waals surface area contributed by atoms with E-state index in [-0.39, 0.29) is 0 Å². The van der Waals surface area contributed by atoms with Crippen LogP contribution < -0.4 is 10.6 Å². The molecule has 13 heavy (non-hydrogen) atoms. The van der Waals surface area contributed by atoms with Crippen molar-refractivity contribution in [3.63, 3.8) is 0 Å². The SMILES string of the molecule is CCC(C)NC(C[SiH3])NC(C)CC. The maximum atomic E-state index is 3.61. The third kappa shape index (κ3) is 6.24. The molecular weight excluding hydrogens is 176 g/mol. The standard InChI is InChI=1S/C10H26N2Si/c1-5-8(3)11-10(7-13)12-9(4)6-2/h8-12H,5-7H2,1-4,13H3. The Hall–Kier alpha value is 0.137. The topological polar surface area (TPSA) is 24.1 Å². The van der Waals surface area contributed by atoms with Crippen LogP contribution in [0.5, 0.6) is 0 Å². The molecule has 2 N–H and O–H groups in total. The molecule has 80 valence electrons. The zero-order chi connectivity index (χ0) is 10.3. The van der Waals surface area contributed by atoms with Crippen LogP contribution in [0.1, 0.15) is 40.5 Å².